The van der Waals surface area contributed by atoms with Crippen LogP contribution < -0.4 is 10.1 Å². The Hall–Kier alpha value is -3.25. The molecule has 6 nitrogen and oxygen atoms in total. The van der Waals surface area contributed by atoms with Crippen molar-refractivity contribution in [1.29, 1.82) is 0 Å². The maximum atomic E-state index is 12.7. The number of benzene rings is 2. The molecule has 33 heavy (non-hydrogen) atoms. The minimum atomic E-state index is 0.0342. The van der Waals surface area contributed by atoms with Crippen molar-refractivity contribution in [2.24, 2.45) is 0 Å². The first-order valence-corrected chi connectivity index (χ1v) is 11.9. The molecule has 1 amide bonds. The Kier molecular flexibility index (Phi) is 6.35. The van der Waals surface area contributed by atoms with E-state index in [1.165, 1.54) is 29.3 Å². The highest BCUT2D eigenvalue weighted by atomic mass is 16.5. The van der Waals surface area contributed by atoms with Gasteiger partial charge in [0.1, 0.15) is 5.75 Å². The number of H-pyrrole nitrogens is 2. The van der Waals surface area contributed by atoms with Crippen molar-refractivity contribution < 1.29 is 9.53 Å². The summed E-state index contributed by atoms with van der Waals surface area (Å²) in [5.74, 6) is 0.940. The predicted molar refractivity (Wildman–Crippen MR) is 133 cm³/mol. The van der Waals surface area contributed by atoms with Gasteiger partial charge < -0.3 is 24.9 Å². The number of aromatic nitrogens is 2. The lowest BCUT2D eigenvalue weighted by atomic mass is 10.0. The number of amides is 1. The number of methoxy groups -OCH3 is 1. The number of carbonyl (C=O) groups excluding carboxylic acids is 1. The van der Waals surface area contributed by atoms with Crippen molar-refractivity contribution in [3.05, 3.63) is 66.0 Å². The van der Waals surface area contributed by atoms with Crippen LogP contribution in [0.2, 0.25) is 0 Å². The van der Waals surface area contributed by atoms with Crippen molar-refractivity contribution in [1.82, 2.24) is 20.2 Å². The van der Waals surface area contributed by atoms with Crippen molar-refractivity contribution in [3.8, 4) is 5.75 Å². The number of fused-ring (bicyclic) bond motifs is 2. The van der Waals surface area contributed by atoms with Crippen LogP contribution in [-0.2, 0) is 6.42 Å². The maximum Gasteiger partial charge on any atom is 0.251 e. The zero-order valence-corrected chi connectivity index (χ0v) is 19.2. The Bertz CT molecular complexity index is 1230. The monoisotopic (exact) mass is 444 g/mol. The van der Waals surface area contributed by atoms with Gasteiger partial charge in [0.05, 0.1) is 7.11 Å². The first kappa shape index (κ1) is 21.6. The Morgan fingerprint density at radius 3 is 2.76 bits per heavy atom. The predicted octanol–water partition coefficient (Wildman–Crippen LogP) is 4.87. The summed E-state index contributed by atoms with van der Waals surface area (Å²) in [5, 5.41) is 5.57. The summed E-state index contributed by atoms with van der Waals surface area (Å²) < 4.78 is 5.37. The third kappa shape index (κ3) is 4.91. The number of likely N-dealkylation sites (tertiary alicyclic amines) is 1. The largest absolute Gasteiger partial charge is 0.497 e. The van der Waals surface area contributed by atoms with Crippen LogP contribution in [0.25, 0.3) is 21.8 Å². The third-order valence-corrected chi connectivity index (χ3v) is 6.88. The first-order chi connectivity index (χ1) is 16.2. The van der Waals surface area contributed by atoms with Crippen LogP contribution in [-0.4, -0.2) is 53.6 Å². The Morgan fingerprint density at radius 1 is 1.06 bits per heavy atom. The molecule has 1 aliphatic rings. The number of hydrogen-bond acceptors (Lipinski definition) is 3. The van der Waals surface area contributed by atoms with Gasteiger partial charge in [-0.1, -0.05) is 0 Å². The average molecular weight is 445 g/mol. The van der Waals surface area contributed by atoms with E-state index >= 15 is 0 Å². The maximum absolute atomic E-state index is 12.7. The molecule has 1 fully saturated rings. The van der Waals surface area contributed by atoms with Crippen LogP contribution in [0, 0.1) is 0 Å². The average Bonchev–Trinajstić information content (AvgIpc) is 3.48. The SMILES string of the molecule is COc1ccc2[nH]cc(CCCCN3CCC(NC(=O)c4ccc5[nH]ccc5c4)CC3)c2c1. The molecule has 0 spiro atoms. The zero-order chi connectivity index (χ0) is 22.6. The van der Waals surface area contributed by atoms with Crippen LogP contribution >= 0.6 is 0 Å². The summed E-state index contributed by atoms with van der Waals surface area (Å²) in [7, 11) is 1.71. The molecule has 0 saturated carbocycles. The number of nitrogens with zero attached hydrogens (tertiary/aromatic N) is 1. The van der Waals surface area contributed by atoms with Gasteiger partial charge in [0.25, 0.3) is 5.91 Å². The van der Waals surface area contributed by atoms with Crippen molar-refractivity contribution in [2.45, 2.75) is 38.1 Å². The van der Waals surface area contributed by atoms with E-state index in [4.69, 9.17) is 4.74 Å². The fourth-order valence-corrected chi connectivity index (χ4v) is 4.91. The van der Waals surface area contributed by atoms with E-state index in [0.717, 1.165) is 61.1 Å². The number of unbranched alkanes of at least 4 members (excludes halogenated alkanes) is 1. The summed E-state index contributed by atoms with van der Waals surface area (Å²) in [4.78, 5) is 21.7. The van der Waals surface area contributed by atoms with Crippen molar-refractivity contribution >= 4 is 27.7 Å². The molecule has 1 aliphatic heterocycles. The summed E-state index contributed by atoms with van der Waals surface area (Å²) in [5.41, 5.74) is 4.33. The normalized spacial score (nSPS) is 15.3. The standard InChI is InChI=1S/C27H32N4O2/c1-33-23-6-8-26-24(17-23)21(18-29-26)4-2-3-13-31-14-10-22(11-15-31)30-27(32)20-5-7-25-19(16-20)9-12-28-25/h5-9,12,16-18,22,28-29H,2-4,10-11,13-15H2,1H3,(H,30,32). The number of nitrogens with one attached hydrogen (secondary N) is 3. The lowest BCUT2D eigenvalue weighted by Crippen LogP contribution is -2.44. The number of aromatic amines is 2. The summed E-state index contributed by atoms with van der Waals surface area (Å²) in [6.45, 7) is 3.22. The lowest BCUT2D eigenvalue weighted by Gasteiger charge is -2.32. The highest BCUT2D eigenvalue weighted by molar-refractivity contribution is 5.98. The molecule has 0 atom stereocenters. The van der Waals surface area contributed by atoms with E-state index < -0.39 is 0 Å². The molecule has 6 heteroatoms. The number of carbonyl (C=O) groups is 1. The second kappa shape index (κ2) is 9.71. The molecule has 0 unspecified atom stereocenters. The van der Waals surface area contributed by atoms with Crippen LogP contribution in [0.5, 0.6) is 5.75 Å². The zero-order valence-electron chi connectivity index (χ0n) is 19.2. The fourth-order valence-electron chi connectivity index (χ4n) is 4.91. The van der Waals surface area contributed by atoms with E-state index in [9.17, 15) is 4.79 Å². The van der Waals surface area contributed by atoms with E-state index in [-0.39, 0.29) is 11.9 Å². The summed E-state index contributed by atoms with van der Waals surface area (Å²) in [6.07, 6.45) is 9.49. The van der Waals surface area contributed by atoms with E-state index in [0.29, 0.717) is 0 Å². The minimum Gasteiger partial charge on any atom is -0.497 e. The highest BCUT2D eigenvalue weighted by Gasteiger charge is 2.21. The Balaban J connectivity index is 1.04. The van der Waals surface area contributed by atoms with E-state index in [1.54, 1.807) is 7.11 Å². The van der Waals surface area contributed by atoms with Crippen LogP contribution in [0.4, 0.5) is 0 Å². The van der Waals surface area contributed by atoms with Crippen LogP contribution in [0.1, 0.15) is 41.6 Å². The highest BCUT2D eigenvalue weighted by Crippen LogP contribution is 2.25. The molecule has 172 valence electrons. The molecule has 0 bridgehead atoms. The molecular formula is C27H32N4O2. The molecule has 3 heterocycles. The van der Waals surface area contributed by atoms with Gasteiger partial charge >= 0.3 is 0 Å². The van der Waals surface area contributed by atoms with Gasteiger partial charge in [-0.15, -0.1) is 0 Å². The van der Waals surface area contributed by atoms with Crippen LogP contribution in [0.15, 0.2) is 54.9 Å². The van der Waals surface area contributed by atoms with E-state index in [1.807, 2.05) is 36.5 Å². The topological polar surface area (TPSA) is 73.2 Å². The quantitative estimate of drug-likeness (QED) is 0.339. The lowest BCUT2D eigenvalue weighted by molar-refractivity contribution is 0.0911. The molecule has 0 radical (unpaired) electrons. The first-order valence-electron chi connectivity index (χ1n) is 11.9. The van der Waals surface area contributed by atoms with Gasteiger partial charge in [-0.3, -0.25) is 4.79 Å². The van der Waals surface area contributed by atoms with Crippen molar-refractivity contribution in [2.75, 3.05) is 26.7 Å². The second-order valence-corrected chi connectivity index (χ2v) is 9.05. The molecule has 5 rings (SSSR count). The molecule has 1 saturated heterocycles. The molecule has 2 aromatic carbocycles. The van der Waals surface area contributed by atoms with Gasteiger partial charge in [0.2, 0.25) is 0 Å². The number of rotatable bonds is 8. The van der Waals surface area contributed by atoms with Gasteiger partial charge in [-0.25, -0.2) is 0 Å². The van der Waals surface area contributed by atoms with Gasteiger partial charge in [-0.2, -0.15) is 0 Å². The minimum absolute atomic E-state index is 0.0342. The van der Waals surface area contributed by atoms with Crippen molar-refractivity contribution in [3.63, 3.8) is 0 Å². The smallest absolute Gasteiger partial charge is 0.251 e. The molecule has 4 aromatic rings. The number of hydrogen-bond donors (Lipinski definition) is 3. The Morgan fingerprint density at radius 2 is 1.91 bits per heavy atom. The van der Waals surface area contributed by atoms with Crippen LogP contribution in [0.3, 0.4) is 0 Å². The Labute approximate surface area is 194 Å². The number of piperidine rings is 1. The number of ether oxygens (including phenoxy) is 1. The van der Waals surface area contributed by atoms with E-state index in [2.05, 4.69) is 38.5 Å². The molecule has 2 aromatic heterocycles. The number of aryl methyl sites for hydroxylation is 1. The van der Waals surface area contributed by atoms with Gasteiger partial charge in [0.15, 0.2) is 0 Å². The second-order valence-electron chi connectivity index (χ2n) is 9.05. The summed E-state index contributed by atoms with van der Waals surface area (Å²) in [6, 6.07) is 14.3. The summed E-state index contributed by atoms with van der Waals surface area (Å²) >= 11 is 0. The van der Waals surface area contributed by atoms with Gasteiger partial charge in [0, 0.05) is 58.9 Å². The molecule has 3 N–H and O–H groups in total. The van der Waals surface area contributed by atoms with Gasteiger partial charge in [-0.05, 0) is 86.7 Å². The third-order valence-electron chi connectivity index (χ3n) is 6.88. The molecular weight excluding hydrogens is 412 g/mol. The molecule has 0 aliphatic carbocycles. The fraction of sp³-hybridized carbons (Fsp3) is 0.370.